The van der Waals surface area contributed by atoms with E-state index in [1.165, 1.54) is 0 Å². The number of halogens is 1. The van der Waals surface area contributed by atoms with Crippen molar-refractivity contribution in [3.8, 4) is 0 Å². The van der Waals surface area contributed by atoms with E-state index < -0.39 is 0 Å². The van der Waals surface area contributed by atoms with Crippen molar-refractivity contribution in [3.63, 3.8) is 0 Å². The van der Waals surface area contributed by atoms with Crippen molar-refractivity contribution in [1.29, 1.82) is 0 Å². The number of hydrogen-bond acceptors (Lipinski definition) is 4. The second-order valence-corrected chi connectivity index (χ2v) is 6.82. The average Bonchev–Trinajstić information content (AvgIpc) is 2.65. The second-order valence-electron chi connectivity index (χ2n) is 5.21. The summed E-state index contributed by atoms with van der Waals surface area (Å²) in [7, 11) is 0. The fraction of sp³-hybridized carbons (Fsp3) is 0.278. The Labute approximate surface area is 162 Å². The summed E-state index contributed by atoms with van der Waals surface area (Å²) in [6.07, 6.45) is 3.25. The van der Waals surface area contributed by atoms with Gasteiger partial charge < -0.3 is 16.0 Å². The minimum atomic E-state index is -0.189. The number of guanidine groups is 1. The van der Waals surface area contributed by atoms with Gasteiger partial charge in [-0.1, -0.05) is 11.6 Å². The SMILES string of the molecule is CCNC(=NCC(=O)Nc1cccnc1)NCCSc1ccc(Cl)cc1. The summed E-state index contributed by atoms with van der Waals surface area (Å²) in [5.74, 6) is 1.30. The first kappa shape index (κ1) is 20.1. The van der Waals surface area contributed by atoms with Gasteiger partial charge in [0.2, 0.25) is 5.91 Å². The van der Waals surface area contributed by atoms with Crippen LogP contribution in [-0.4, -0.2) is 42.2 Å². The van der Waals surface area contributed by atoms with Gasteiger partial charge >= 0.3 is 0 Å². The molecule has 0 spiro atoms. The van der Waals surface area contributed by atoms with Crippen LogP contribution in [0.1, 0.15) is 6.92 Å². The van der Waals surface area contributed by atoms with Gasteiger partial charge in [-0.15, -0.1) is 11.8 Å². The Bertz CT molecular complexity index is 709. The Morgan fingerprint density at radius 1 is 1.23 bits per heavy atom. The molecule has 8 heteroatoms. The van der Waals surface area contributed by atoms with Gasteiger partial charge in [-0.25, -0.2) is 4.99 Å². The lowest BCUT2D eigenvalue weighted by Crippen LogP contribution is -2.39. The molecule has 0 bridgehead atoms. The quantitative estimate of drug-likeness (QED) is 0.279. The lowest BCUT2D eigenvalue weighted by Gasteiger charge is -2.11. The van der Waals surface area contributed by atoms with E-state index in [0.29, 0.717) is 11.6 Å². The monoisotopic (exact) mass is 391 g/mol. The van der Waals surface area contributed by atoms with Gasteiger partial charge in [0.25, 0.3) is 0 Å². The van der Waals surface area contributed by atoms with E-state index in [4.69, 9.17) is 11.6 Å². The summed E-state index contributed by atoms with van der Waals surface area (Å²) < 4.78 is 0. The summed E-state index contributed by atoms with van der Waals surface area (Å²) in [6.45, 7) is 3.47. The number of hydrogen-bond donors (Lipinski definition) is 3. The molecule has 2 aromatic rings. The molecule has 0 atom stereocenters. The van der Waals surface area contributed by atoms with Crippen LogP contribution in [0.25, 0.3) is 0 Å². The number of aliphatic imine (C=N–C) groups is 1. The highest BCUT2D eigenvalue weighted by molar-refractivity contribution is 7.99. The summed E-state index contributed by atoms with van der Waals surface area (Å²) in [5.41, 5.74) is 0.657. The Hall–Kier alpha value is -2.25. The van der Waals surface area contributed by atoms with Crippen LogP contribution < -0.4 is 16.0 Å². The predicted octanol–water partition coefficient (Wildman–Crippen LogP) is 3.02. The largest absolute Gasteiger partial charge is 0.357 e. The number of pyridine rings is 1. The third-order valence-corrected chi connectivity index (χ3v) is 4.41. The third kappa shape index (κ3) is 7.76. The molecule has 26 heavy (non-hydrogen) atoms. The molecule has 1 aromatic heterocycles. The fourth-order valence-corrected chi connectivity index (χ4v) is 2.89. The topological polar surface area (TPSA) is 78.4 Å². The number of amides is 1. The molecule has 0 saturated heterocycles. The fourth-order valence-electron chi connectivity index (χ4n) is 2.00. The molecule has 0 aliphatic heterocycles. The molecule has 1 heterocycles. The van der Waals surface area contributed by atoms with Gasteiger partial charge in [0, 0.05) is 35.0 Å². The predicted molar refractivity (Wildman–Crippen MR) is 109 cm³/mol. The number of aromatic nitrogens is 1. The van der Waals surface area contributed by atoms with Gasteiger partial charge in [-0.2, -0.15) is 0 Å². The van der Waals surface area contributed by atoms with E-state index in [1.54, 1.807) is 36.3 Å². The van der Waals surface area contributed by atoms with Crippen molar-refractivity contribution in [2.45, 2.75) is 11.8 Å². The van der Waals surface area contributed by atoms with Crippen LogP contribution in [0.15, 0.2) is 58.7 Å². The van der Waals surface area contributed by atoms with Crippen LogP contribution in [0, 0.1) is 0 Å². The molecular weight excluding hydrogens is 370 g/mol. The number of rotatable bonds is 8. The number of nitrogens with zero attached hydrogens (tertiary/aromatic N) is 2. The zero-order valence-electron chi connectivity index (χ0n) is 14.5. The molecule has 3 N–H and O–H groups in total. The molecular formula is C18H22ClN5OS. The van der Waals surface area contributed by atoms with E-state index in [9.17, 15) is 4.79 Å². The van der Waals surface area contributed by atoms with Gasteiger partial charge in [-0.05, 0) is 43.3 Å². The van der Waals surface area contributed by atoms with E-state index in [1.807, 2.05) is 31.2 Å². The van der Waals surface area contributed by atoms with E-state index in [-0.39, 0.29) is 12.5 Å². The van der Waals surface area contributed by atoms with Gasteiger partial charge in [-0.3, -0.25) is 9.78 Å². The molecule has 0 aliphatic carbocycles. The molecule has 6 nitrogen and oxygen atoms in total. The lowest BCUT2D eigenvalue weighted by atomic mass is 10.4. The third-order valence-electron chi connectivity index (χ3n) is 3.15. The Morgan fingerprint density at radius 2 is 2.04 bits per heavy atom. The first-order chi connectivity index (χ1) is 12.7. The van der Waals surface area contributed by atoms with Crippen molar-refractivity contribution in [3.05, 3.63) is 53.8 Å². The summed E-state index contributed by atoms with van der Waals surface area (Å²) >= 11 is 7.60. The molecule has 0 fully saturated rings. The van der Waals surface area contributed by atoms with Crippen molar-refractivity contribution >= 4 is 40.9 Å². The molecule has 0 saturated carbocycles. The van der Waals surface area contributed by atoms with Crippen LogP contribution in [0.2, 0.25) is 5.02 Å². The highest BCUT2D eigenvalue weighted by Gasteiger charge is 2.03. The highest BCUT2D eigenvalue weighted by Crippen LogP contribution is 2.19. The number of anilines is 1. The number of nitrogens with one attached hydrogen (secondary N) is 3. The Balaban J connectivity index is 1.74. The average molecular weight is 392 g/mol. The maximum Gasteiger partial charge on any atom is 0.246 e. The number of thioether (sulfide) groups is 1. The Morgan fingerprint density at radius 3 is 2.73 bits per heavy atom. The molecule has 0 radical (unpaired) electrons. The zero-order valence-corrected chi connectivity index (χ0v) is 16.1. The molecule has 0 unspecified atom stereocenters. The van der Waals surface area contributed by atoms with E-state index >= 15 is 0 Å². The standard InChI is InChI=1S/C18H22ClN5OS/c1-2-21-18(22-10-11-26-16-7-5-14(19)6-8-16)23-13-17(25)24-15-4-3-9-20-12-15/h3-9,12H,2,10-11,13H2,1H3,(H,24,25)(H2,21,22,23). The zero-order chi connectivity index (χ0) is 18.6. The van der Waals surface area contributed by atoms with Crippen molar-refractivity contribution in [2.24, 2.45) is 4.99 Å². The van der Waals surface area contributed by atoms with Crippen LogP contribution >= 0.6 is 23.4 Å². The lowest BCUT2D eigenvalue weighted by molar-refractivity contribution is -0.114. The van der Waals surface area contributed by atoms with Gasteiger partial charge in [0.1, 0.15) is 6.54 Å². The first-order valence-corrected chi connectivity index (χ1v) is 9.64. The van der Waals surface area contributed by atoms with Gasteiger partial charge in [0.15, 0.2) is 5.96 Å². The minimum Gasteiger partial charge on any atom is -0.357 e. The molecule has 1 aromatic carbocycles. The van der Waals surface area contributed by atoms with E-state index in [0.717, 1.165) is 28.8 Å². The van der Waals surface area contributed by atoms with Crippen molar-refractivity contribution in [1.82, 2.24) is 15.6 Å². The maximum atomic E-state index is 11.9. The number of benzene rings is 1. The van der Waals surface area contributed by atoms with Crippen LogP contribution in [0.3, 0.4) is 0 Å². The summed E-state index contributed by atoms with van der Waals surface area (Å²) in [5, 5.41) is 9.84. The summed E-state index contributed by atoms with van der Waals surface area (Å²) in [4.78, 5) is 21.4. The van der Waals surface area contributed by atoms with Crippen molar-refractivity contribution < 1.29 is 4.79 Å². The molecule has 2 rings (SSSR count). The van der Waals surface area contributed by atoms with Crippen molar-refractivity contribution in [2.75, 3.05) is 30.7 Å². The van der Waals surface area contributed by atoms with Crippen LogP contribution in [-0.2, 0) is 4.79 Å². The van der Waals surface area contributed by atoms with Crippen LogP contribution in [0.5, 0.6) is 0 Å². The maximum absolute atomic E-state index is 11.9. The second kappa shape index (κ2) is 11.4. The first-order valence-electron chi connectivity index (χ1n) is 8.28. The summed E-state index contributed by atoms with van der Waals surface area (Å²) in [6, 6.07) is 11.3. The number of carbonyl (C=O) groups is 1. The normalized spacial score (nSPS) is 11.1. The van der Waals surface area contributed by atoms with Crippen LogP contribution in [0.4, 0.5) is 5.69 Å². The van der Waals surface area contributed by atoms with E-state index in [2.05, 4.69) is 25.9 Å². The number of carbonyl (C=O) groups excluding carboxylic acids is 1. The smallest absolute Gasteiger partial charge is 0.246 e. The molecule has 138 valence electrons. The minimum absolute atomic E-state index is 0.0363. The molecule has 1 amide bonds. The van der Waals surface area contributed by atoms with Gasteiger partial charge in [0.05, 0.1) is 11.9 Å². The Kier molecular flexibility index (Phi) is 8.78. The highest BCUT2D eigenvalue weighted by atomic mass is 35.5. The molecule has 0 aliphatic rings.